The number of nitrogens with one attached hydrogen (secondary N) is 2. The van der Waals surface area contributed by atoms with Gasteiger partial charge in [0.25, 0.3) is 5.91 Å². The molecule has 0 fully saturated rings. The number of rotatable bonds is 5. The van der Waals surface area contributed by atoms with Gasteiger partial charge in [0.05, 0.1) is 6.04 Å². The van der Waals surface area contributed by atoms with Crippen molar-refractivity contribution < 1.29 is 9.53 Å². The third kappa shape index (κ3) is 3.53. The highest BCUT2D eigenvalue weighted by Gasteiger charge is 2.13. The molecule has 106 valence electrons. The first kappa shape index (κ1) is 14.0. The van der Waals surface area contributed by atoms with Crippen molar-refractivity contribution in [3.05, 3.63) is 35.2 Å². The van der Waals surface area contributed by atoms with E-state index in [-0.39, 0.29) is 18.6 Å². The Balaban J connectivity index is 1.84. The number of hydrogen-bond donors (Lipinski definition) is 2. The van der Waals surface area contributed by atoms with Crippen molar-refractivity contribution in [3.63, 3.8) is 0 Å². The Morgan fingerprint density at radius 2 is 2.20 bits per heavy atom. The minimum Gasteiger partial charge on any atom is -0.484 e. The monoisotopic (exact) mass is 275 g/mol. The molecule has 2 N–H and O–H groups in total. The number of H-pyrrole nitrogens is 1. The van der Waals surface area contributed by atoms with Crippen LogP contribution in [-0.4, -0.2) is 33.1 Å². The van der Waals surface area contributed by atoms with E-state index in [0.29, 0.717) is 11.6 Å². The van der Waals surface area contributed by atoms with Crippen LogP contribution in [0.1, 0.15) is 29.9 Å². The van der Waals surface area contributed by atoms with E-state index in [4.69, 9.17) is 4.74 Å². The zero-order chi connectivity index (χ0) is 14.5. The summed E-state index contributed by atoms with van der Waals surface area (Å²) in [6.45, 7) is 5.75. The Bertz CT molecular complexity index is 582. The van der Waals surface area contributed by atoms with Crippen LogP contribution >= 0.6 is 0 Å². The highest BCUT2D eigenvalue weighted by Crippen LogP contribution is 2.16. The number of tetrazole rings is 1. The Labute approximate surface area is 116 Å². The number of ether oxygens (including phenoxy) is 1. The summed E-state index contributed by atoms with van der Waals surface area (Å²) in [7, 11) is 0. The van der Waals surface area contributed by atoms with E-state index >= 15 is 0 Å². The van der Waals surface area contributed by atoms with E-state index < -0.39 is 0 Å². The normalized spacial score (nSPS) is 11.9. The van der Waals surface area contributed by atoms with Gasteiger partial charge in [0.2, 0.25) is 0 Å². The molecule has 0 aliphatic carbocycles. The molecule has 0 aliphatic rings. The molecule has 1 heterocycles. The van der Waals surface area contributed by atoms with Gasteiger partial charge in [-0.05, 0) is 44.0 Å². The van der Waals surface area contributed by atoms with Crippen molar-refractivity contribution in [2.45, 2.75) is 26.8 Å². The fourth-order valence-corrected chi connectivity index (χ4v) is 1.65. The van der Waals surface area contributed by atoms with Gasteiger partial charge < -0.3 is 10.1 Å². The molecule has 2 rings (SSSR count). The summed E-state index contributed by atoms with van der Waals surface area (Å²) in [5, 5.41) is 16.1. The second-order valence-electron chi connectivity index (χ2n) is 4.59. The van der Waals surface area contributed by atoms with Crippen LogP contribution in [0.2, 0.25) is 0 Å². The zero-order valence-corrected chi connectivity index (χ0v) is 11.7. The molecular formula is C13H17N5O2. The van der Waals surface area contributed by atoms with E-state index in [9.17, 15) is 4.79 Å². The first-order valence-electron chi connectivity index (χ1n) is 6.29. The average Bonchev–Trinajstić information content (AvgIpc) is 2.94. The maximum Gasteiger partial charge on any atom is 0.258 e. The highest BCUT2D eigenvalue weighted by molar-refractivity contribution is 5.77. The quantitative estimate of drug-likeness (QED) is 0.851. The molecule has 0 radical (unpaired) electrons. The molecule has 0 bridgehead atoms. The molecule has 7 nitrogen and oxygen atoms in total. The van der Waals surface area contributed by atoms with Gasteiger partial charge in [0, 0.05) is 0 Å². The summed E-state index contributed by atoms with van der Waals surface area (Å²) in [6.07, 6.45) is 0. The van der Waals surface area contributed by atoms with Gasteiger partial charge in [-0.2, -0.15) is 5.21 Å². The largest absolute Gasteiger partial charge is 0.484 e. The summed E-state index contributed by atoms with van der Waals surface area (Å²) < 4.78 is 5.45. The molecule has 0 spiro atoms. The van der Waals surface area contributed by atoms with Crippen LogP contribution in [0.25, 0.3) is 0 Å². The number of nitrogens with zero attached hydrogens (tertiary/aromatic N) is 3. The average molecular weight is 275 g/mol. The van der Waals surface area contributed by atoms with Crippen LogP contribution in [0.4, 0.5) is 0 Å². The summed E-state index contributed by atoms with van der Waals surface area (Å²) in [5.41, 5.74) is 2.32. The predicted molar refractivity (Wildman–Crippen MR) is 72.1 cm³/mol. The highest BCUT2D eigenvalue weighted by atomic mass is 16.5. The number of hydrogen-bond acceptors (Lipinski definition) is 5. The van der Waals surface area contributed by atoms with Crippen LogP contribution in [0.15, 0.2) is 18.2 Å². The first-order valence-corrected chi connectivity index (χ1v) is 6.29. The predicted octanol–water partition coefficient (Wildman–Crippen LogP) is 1.07. The van der Waals surface area contributed by atoms with Gasteiger partial charge in [-0.3, -0.25) is 4.79 Å². The summed E-state index contributed by atoms with van der Waals surface area (Å²) in [5.74, 6) is 0.875. The second-order valence-corrected chi connectivity index (χ2v) is 4.59. The standard InChI is InChI=1S/C13H17N5O2/c1-8-4-5-11(6-9(8)2)20-7-12(19)14-10(3)13-15-17-18-16-13/h4-6,10H,7H2,1-3H3,(H,14,19)(H,15,16,17,18). The lowest BCUT2D eigenvalue weighted by molar-refractivity contribution is -0.123. The maximum atomic E-state index is 11.8. The third-order valence-corrected chi connectivity index (χ3v) is 2.97. The lowest BCUT2D eigenvalue weighted by Crippen LogP contribution is -2.31. The Kier molecular flexibility index (Phi) is 4.29. The molecule has 1 atom stereocenters. The van der Waals surface area contributed by atoms with Crippen LogP contribution in [0.5, 0.6) is 5.75 Å². The van der Waals surface area contributed by atoms with Gasteiger partial charge in [0.1, 0.15) is 5.75 Å². The minimum atomic E-state index is -0.315. The lowest BCUT2D eigenvalue weighted by atomic mass is 10.1. The Morgan fingerprint density at radius 3 is 2.85 bits per heavy atom. The van der Waals surface area contributed by atoms with Gasteiger partial charge in [-0.25, -0.2) is 0 Å². The SMILES string of the molecule is Cc1ccc(OCC(=O)NC(C)c2nn[nH]n2)cc1C. The first-order chi connectivity index (χ1) is 9.56. The van der Waals surface area contributed by atoms with E-state index in [0.717, 1.165) is 5.56 Å². The van der Waals surface area contributed by atoms with Gasteiger partial charge >= 0.3 is 0 Å². The lowest BCUT2D eigenvalue weighted by Gasteiger charge is -2.11. The molecule has 1 aromatic carbocycles. The molecule has 1 unspecified atom stereocenters. The molecule has 1 amide bonds. The number of aromatic nitrogens is 4. The van der Waals surface area contributed by atoms with Crippen LogP contribution in [0.3, 0.4) is 0 Å². The molecule has 0 saturated heterocycles. The van der Waals surface area contributed by atoms with Crippen LogP contribution in [-0.2, 0) is 4.79 Å². The van der Waals surface area contributed by atoms with Crippen molar-refractivity contribution in [1.82, 2.24) is 25.9 Å². The van der Waals surface area contributed by atoms with E-state index in [1.807, 2.05) is 32.0 Å². The number of benzene rings is 1. The molecule has 7 heteroatoms. The number of carbonyl (C=O) groups excluding carboxylic acids is 1. The second kappa shape index (κ2) is 6.14. The fraction of sp³-hybridized carbons (Fsp3) is 0.385. The van der Waals surface area contributed by atoms with Crippen molar-refractivity contribution in [3.8, 4) is 5.75 Å². The number of carbonyl (C=O) groups is 1. The van der Waals surface area contributed by atoms with Gasteiger partial charge in [0.15, 0.2) is 12.4 Å². The Hall–Kier alpha value is -2.44. The summed E-state index contributed by atoms with van der Waals surface area (Å²) in [6, 6.07) is 5.40. The number of amides is 1. The van der Waals surface area contributed by atoms with Crippen LogP contribution in [0, 0.1) is 13.8 Å². The van der Waals surface area contributed by atoms with Crippen molar-refractivity contribution >= 4 is 5.91 Å². The molecule has 2 aromatic rings. The van der Waals surface area contributed by atoms with Crippen molar-refractivity contribution in [1.29, 1.82) is 0 Å². The van der Waals surface area contributed by atoms with Crippen molar-refractivity contribution in [2.24, 2.45) is 0 Å². The molecule has 0 saturated carbocycles. The van der Waals surface area contributed by atoms with E-state index in [2.05, 4.69) is 25.9 Å². The van der Waals surface area contributed by atoms with E-state index in [1.54, 1.807) is 6.92 Å². The Morgan fingerprint density at radius 1 is 1.40 bits per heavy atom. The fourth-order valence-electron chi connectivity index (χ4n) is 1.65. The van der Waals surface area contributed by atoms with Crippen LogP contribution < -0.4 is 10.1 Å². The zero-order valence-electron chi connectivity index (χ0n) is 11.7. The van der Waals surface area contributed by atoms with E-state index in [1.165, 1.54) is 5.56 Å². The van der Waals surface area contributed by atoms with Crippen molar-refractivity contribution in [2.75, 3.05) is 6.61 Å². The number of aromatic amines is 1. The molecule has 20 heavy (non-hydrogen) atoms. The molecular weight excluding hydrogens is 258 g/mol. The summed E-state index contributed by atoms with van der Waals surface area (Å²) >= 11 is 0. The molecule has 0 aliphatic heterocycles. The van der Waals surface area contributed by atoms with Gasteiger partial charge in [-0.15, -0.1) is 10.2 Å². The summed E-state index contributed by atoms with van der Waals surface area (Å²) in [4.78, 5) is 11.8. The number of aryl methyl sites for hydroxylation is 2. The van der Waals surface area contributed by atoms with Gasteiger partial charge in [-0.1, -0.05) is 11.3 Å². The third-order valence-electron chi connectivity index (χ3n) is 2.97. The maximum absolute atomic E-state index is 11.8. The topological polar surface area (TPSA) is 92.8 Å². The smallest absolute Gasteiger partial charge is 0.258 e. The molecule has 1 aromatic heterocycles. The minimum absolute atomic E-state index is 0.0509.